The van der Waals surface area contributed by atoms with Crippen LogP contribution in [0.5, 0.6) is 5.75 Å². The summed E-state index contributed by atoms with van der Waals surface area (Å²) in [4.78, 5) is 24.1. The van der Waals surface area contributed by atoms with E-state index in [0.717, 1.165) is 48.6 Å². The van der Waals surface area contributed by atoms with E-state index in [2.05, 4.69) is 20.2 Å². The van der Waals surface area contributed by atoms with Crippen molar-refractivity contribution in [3.63, 3.8) is 0 Å². The van der Waals surface area contributed by atoms with Crippen LogP contribution in [-0.4, -0.2) is 35.6 Å². The average Bonchev–Trinajstić information content (AvgIpc) is 3.23. The van der Waals surface area contributed by atoms with Crippen molar-refractivity contribution in [1.29, 1.82) is 0 Å². The predicted octanol–water partition coefficient (Wildman–Crippen LogP) is 3.59. The zero-order valence-electron chi connectivity index (χ0n) is 16.5. The predicted molar refractivity (Wildman–Crippen MR) is 117 cm³/mol. The van der Waals surface area contributed by atoms with E-state index < -0.39 is 0 Å². The van der Waals surface area contributed by atoms with E-state index in [1.807, 2.05) is 48.5 Å². The second-order valence-corrected chi connectivity index (χ2v) is 7.73. The first-order valence-corrected chi connectivity index (χ1v) is 10.2. The van der Waals surface area contributed by atoms with Crippen molar-refractivity contribution in [3.05, 3.63) is 60.4 Å². The molecule has 1 saturated heterocycles. The summed E-state index contributed by atoms with van der Waals surface area (Å²) < 4.78 is 6.01. The Balaban J connectivity index is 1.58. The number of nitrogen functional groups attached to an aromatic ring is 1. The van der Waals surface area contributed by atoms with Crippen molar-refractivity contribution in [2.24, 2.45) is 5.92 Å². The molecule has 0 radical (unpaired) electrons. The summed E-state index contributed by atoms with van der Waals surface area (Å²) in [6, 6.07) is 15.5. The molecule has 1 amide bonds. The number of benzene rings is 2. The Bertz CT molecular complexity index is 1100. The summed E-state index contributed by atoms with van der Waals surface area (Å²) in [6.07, 6.45) is 3.67. The molecular formula is C23H23N5O2. The van der Waals surface area contributed by atoms with E-state index in [1.165, 1.54) is 0 Å². The molecule has 1 aromatic heterocycles. The van der Waals surface area contributed by atoms with Crippen LogP contribution in [0.25, 0.3) is 11.3 Å². The maximum Gasteiger partial charge on any atom is 0.278 e. The maximum absolute atomic E-state index is 13.0. The van der Waals surface area contributed by atoms with Crippen LogP contribution in [0.1, 0.15) is 23.3 Å². The van der Waals surface area contributed by atoms with E-state index >= 15 is 0 Å². The van der Waals surface area contributed by atoms with Crippen LogP contribution >= 0.6 is 0 Å². The highest BCUT2D eigenvalue weighted by molar-refractivity contribution is 6.07. The van der Waals surface area contributed by atoms with E-state index in [0.29, 0.717) is 18.2 Å². The Morgan fingerprint density at radius 2 is 2.03 bits per heavy atom. The number of carbonyl (C=O) groups excluding carboxylic acids is 1. The molecule has 2 aliphatic rings. The Kier molecular flexibility index (Phi) is 4.71. The molecule has 0 aliphatic carbocycles. The van der Waals surface area contributed by atoms with Gasteiger partial charge in [0.25, 0.3) is 5.91 Å². The second-order valence-electron chi connectivity index (χ2n) is 7.73. The van der Waals surface area contributed by atoms with Gasteiger partial charge >= 0.3 is 0 Å². The minimum absolute atomic E-state index is 0.100. The lowest BCUT2D eigenvalue weighted by atomic mass is 10.1. The van der Waals surface area contributed by atoms with Gasteiger partial charge in [0.05, 0.1) is 29.9 Å². The number of aromatic nitrogens is 2. The van der Waals surface area contributed by atoms with Crippen LogP contribution in [0.15, 0.2) is 54.7 Å². The highest BCUT2D eigenvalue weighted by Gasteiger charge is 2.25. The Morgan fingerprint density at radius 3 is 2.97 bits per heavy atom. The van der Waals surface area contributed by atoms with Gasteiger partial charge in [0.15, 0.2) is 11.5 Å². The monoisotopic (exact) mass is 401 g/mol. The second kappa shape index (κ2) is 7.67. The van der Waals surface area contributed by atoms with Gasteiger partial charge in [-0.3, -0.25) is 4.79 Å². The molecule has 3 N–H and O–H groups in total. The number of rotatable bonds is 0. The van der Waals surface area contributed by atoms with Gasteiger partial charge in [-0.05, 0) is 43.0 Å². The van der Waals surface area contributed by atoms with E-state index in [4.69, 9.17) is 10.5 Å². The Labute approximate surface area is 174 Å². The molecule has 1 unspecified atom stereocenters. The lowest BCUT2D eigenvalue weighted by Gasteiger charge is -2.22. The third kappa shape index (κ3) is 3.54. The van der Waals surface area contributed by atoms with Gasteiger partial charge in [0, 0.05) is 18.7 Å². The molecule has 2 aromatic carbocycles. The zero-order chi connectivity index (χ0) is 20.5. The number of amides is 1. The molecule has 0 saturated carbocycles. The van der Waals surface area contributed by atoms with Crippen molar-refractivity contribution in [1.82, 2.24) is 9.97 Å². The minimum Gasteiger partial charge on any atom is -0.494 e. The van der Waals surface area contributed by atoms with Gasteiger partial charge < -0.3 is 20.7 Å². The van der Waals surface area contributed by atoms with Gasteiger partial charge in [0.2, 0.25) is 0 Å². The molecule has 0 spiro atoms. The molecule has 3 heterocycles. The third-order valence-corrected chi connectivity index (χ3v) is 5.72. The number of anilines is 3. The lowest BCUT2D eigenvalue weighted by molar-refractivity contribution is 0.102. The Morgan fingerprint density at radius 1 is 1.13 bits per heavy atom. The molecule has 1 fully saturated rings. The quantitative estimate of drug-likeness (QED) is 0.598. The third-order valence-electron chi connectivity index (χ3n) is 5.72. The molecule has 1 atom stereocenters. The van der Waals surface area contributed by atoms with Crippen LogP contribution in [0.3, 0.4) is 0 Å². The number of nitrogens with one attached hydrogen (secondary N) is 1. The molecule has 5 rings (SSSR count). The van der Waals surface area contributed by atoms with Gasteiger partial charge in [-0.15, -0.1) is 0 Å². The highest BCUT2D eigenvalue weighted by atomic mass is 16.5. The number of hydrogen-bond acceptors (Lipinski definition) is 6. The molecular weight excluding hydrogens is 378 g/mol. The standard InChI is InChI=1S/C23H23N5O2/c24-22-21-23(29)27-18-6-1-2-7-20(18)28-10-8-15(14-28)9-11-30-17-5-3-4-16(12-17)19(26-21)13-25-22/h1-7,12-13,15H,8-11,14H2,(H2,24,25)(H,27,29). The normalized spacial score (nSPS) is 18.3. The molecule has 6 bridgehead atoms. The smallest absolute Gasteiger partial charge is 0.278 e. The fraction of sp³-hybridized carbons (Fsp3) is 0.261. The largest absolute Gasteiger partial charge is 0.494 e. The number of nitrogens with two attached hydrogens (primary N) is 1. The van der Waals surface area contributed by atoms with Crippen LogP contribution < -0.4 is 20.7 Å². The summed E-state index contributed by atoms with van der Waals surface area (Å²) in [6.45, 7) is 2.55. The summed E-state index contributed by atoms with van der Waals surface area (Å²) >= 11 is 0. The fourth-order valence-corrected chi connectivity index (χ4v) is 4.12. The molecule has 2 aliphatic heterocycles. The SMILES string of the molecule is Nc1ncc2nc1C(=O)Nc1ccccc1N1CCC(CCOc3cccc-2c3)C1. The Hall–Kier alpha value is -3.61. The lowest BCUT2D eigenvalue weighted by Crippen LogP contribution is -2.23. The first-order chi connectivity index (χ1) is 14.7. The molecule has 7 heteroatoms. The first kappa shape index (κ1) is 18.4. The summed E-state index contributed by atoms with van der Waals surface area (Å²) in [5.41, 5.74) is 9.27. The number of ether oxygens (including phenoxy) is 1. The number of hydrogen-bond donors (Lipinski definition) is 2. The van der Waals surface area contributed by atoms with Gasteiger partial charge in [0.1, 0.15) is 5.75 Å². The van der Waals surface area contributed by atoms with E-state index in [1.54, 1.807) is 6.20 Å². The number of nitrogens with zero attached hydrogens (tertiary/aromatic N) is 3. The van der Waals surface area contributed by atoms with Gasteiger partial charge in [-0.1, -0.05) is 24.3 Å². The zero-order valence-corrected chi connectivity index (χ0v) is 16.5. The van der Waals surface area contributed by atoms with Crippen LogP contribution in [-0.2, 0) is 0 Å². The van der Waals surface area contributed by atoms with Crippen molar-refractivity contribution >= 4 is 23.1 Å². The summed E-state index contributed by atoms with van der Waals surface area (Å²) in [5.74, 6) is 1.07. The first-order valence-electron chi connectivity index (χ1n) is 10.2. The summed E-state index contributed by atoms with van der Waals surface area (Å²) in [5, 5.41) is 2.99. The van der Waals surface area contributed by atoms with Crippen molar-refractivity contribution in [3.8, 4) is 17.0 Å². The average molecular weight is 401 g/mol. The van der Waals surface area contributed by atoms with Crippen molar-refractivity contribution < 1.29 is 9.53 Å². The molecule has 152 valence electrons. The molecule has 30 heavy (non-hydrogen) atoms. The van der Waals surface area contributed by atoms with Crippen molar-refractivity contribution in [2.45, 2.75) is 12.8 Å². The number of fused-ring (bicyclic) bond motifs is 9. The summed E-state index contributed by atoms with van der Waals surface area (Å²) in [7, 11) is 0. The fourth-order valence-electron chi connectivity index (χ4n) is 4.12. The molecule has 7 nitrogen and oxygen atoms in total. The topological polar surface area (TPSA) is 93.4 Å². The van der Waals surface area contributed by atoms with Crippen LogP contribution in [0.4, 0.5) is 17.2 Å². The number of carbonyl (C=O) groups is 1. The maximum atomic E-state index is 13.0. The molecule has 3 aromatic rings. The number of para-hydroxylation sites is 2. The van der Waals surface area contributed by atoms with Crippen LogP contribution in [0.2, 0.25) is 0 Å². The highest BCUT2D eigenvalue weighted by Crippen LogP contribution is 2.32. The van der Waals surface area contributed by atoms with E-state index in [9.17, 15) is 4.79 Å². The van der Waals surface area contributed by atoms with Crippen molar-refractivity contribution in [2.75, 3.05) is 35.6 Å². The van der Waals surface area contributed by atoms with E-state index in [-0.39, 0.29) is 17.4 Å². The van der Waals surface area contributed by atoms with Gasteiger partial charge in [-0.2, -0.15) is 0 Å². The van der Waals surface area contributed by atoms with Crippen LogP contribution in [0, 0.1) is 5.92 Å². The van der Waals surface area contributed by atoms with Gasteiger partial charge in [-0.25, -0.2) is 9.97 Å². The minimum atomic E-state index is -0.371.